The first-order valence-electron chi connectivity index (χ1n) is 11.0. The Morgan fingerprint density at radius 3 is 1.00 bits per heavy atom. The van der Waals surface area contributed by atoms with E-state index in [0.29, 0.717) is 17.3 Å². The highest BCUT2D eigenvalue weighted by atomic mass is 32.2. The lowest BCUT2D eigenvalue weighted by Crippen LogP contribution is -2.59. The topological polar surface area (TPSA) is 140 Å². The molecular formula is C21H33N3O9S3. The van der Waals surface area contributed by atoms with Gasteiger partial charge in [0.15, 0.2) is 0 Å². The van der Waals surface area contributed by atoms with Crippen molar-refractivity contribution in [3.8, 4) is 0 Å². The fourth-order valence-electron chi connectivity index (χ4n) is 2.82. The number of rotatable bonds is 15. The van der Waals surface area contributed by atoms with Gasteiger partial charge in [0, 0.05) is 36.5 Å². The molecule has 0 aliphatic carbocycles. The molecule has 15 heteroatoms. The molecule has 0 N–H and O–H groups in total. The van der Waals surface area contributed by atoms with Gasteiger partial charge in [0.2, 0.25) is 17.7 Å². The van der Waals surface area contributed by atoms with Gasteiger partial charge in [-0.25, -0.2) is 0 Å². The molecule has 1 aliphatic heterocycles. The minimum Gasteiger partial charge on any atom is -0.468 e. The maximum absolute atomic E-state index is 12.8. The van der Waals surface area contributed by atoms with Crippen LogP contribution in [0.15, 0.2) is 0 Å². The molecule has 0 unspecified atom stereocenters. The van der Waals surface area contributed by atoms with Crippen molar-refractivity contribution in [2.24, 2.45) is 0 Å². The van der Waals surface area contributed by atoms with Crippen LogP contribution in [0.3, 0.4) is 0 Å². The van der Waals surface area contributed by atoms with Crippen molar-refractivity contribution in [2.45, 2.75) is 19.3 Å². The second-order valence-corrected chi connectivity index (χ2v) is 10.7. The van der Waals surface area contributed by atoms with Crippen LogP contribution in [0.4, 0.5) is 0 Å². The van der Waals surface area contributed by atoms with Gasteiger partial charge in [-0.3, -0.25) is 28.8 Å². The summed E-state index contributed by atoms with van der Waals surface area (Å²) in [6.45, 7) is 0.131. The first kappa shape index (κ1) is 31.9. The highest BCUT2D eigenvalue weighted by Crippen LogP contribution is 2.16. The first-order chi connectivity index (χ1) is 17.2. The molecule has 0 spiro atoms. The molecular weight excluding hydrogens is 534 g/mol. The lowest BCUT2D eigenvalue weighted by molar-refractivity contribution is -0.158. The van der Waals surface area contributed by atoms with Crippen LogP contribution in [0, 0.1) is 0 Å². The third kappa shape index (κ3) is 12.7. The molecule has 1 rings (SSSR count). The van der Waals surface area contributed by atoms with Gasteiger partial charge in [0.25, 0.3) is 0 Å². The molecule has 1 heterocycles. The van der Waals surface area contributed by atoms with Crippen LogP contribution < -0.4 is 0 Å². The molecule has 0 bridgehead atoms. The van der Waals surface area contributed by atoms with Crippen LogP contribution in [-0.4, -0.2) is 126 Å². The summed E-state index contributed by atoms with van der Waals surface area (Å²) in [6, 6.07) is 0. The Hall–Kier alpha value is -2.13. The summed E-state index contributed by atoms with van der Waals surface area (Å²) in [6.07, 6.45) is 0.404. The SMILES string of the molecule is COC(=O)CSCCC(=O)N1CN(C(=O)CCSCC(=O)OC)CN(C(=O)CCSCC(=O)OC)C1. The smallest absolute Gasteiger partial charge is 0.315 e. The van der Waals surface area contributed by atoms with Gasteiger partial charge in [-0.15, -0.1) is 35.3 Å². The van der Waals surface area contributed by atoms with E-state index >= 15 is 0 Å². The zero-order valence-corrected chi connectivity index (χ0v) is 23.2. The van der Waals surface area contributed by atoms with E-state index in [2.05, 4.69) is 14.2 Å². The van der Waals surface area contributed by atoms with Gasteiger partial charge in [-0.1, -0.05) is 0 Å². The lowest BCUT2D eigenvalue weighted by atomic mass is 10.3. The summed E-state index contributed by atoms with van der Waals surface area (Å²) in [4.78, 5) is 76.4. The van der Waals surface area contributed by atoms with Gasteiger partial charge in [0.05, 0.1) is 58.6 Å². The molecule has 0 atom stereocenters. The third-order valence-electron chi connectivity index (χ3n) is 4.81. The van der Waals surface area contributed by atoms with Crippen molar-refractivity contribution in [3.05, 3.63) is 0 Å². The van der Waals surface area contributed by atoms with Crippen molar-refractivity contribution in [3.63, 3.8) is 0 Å². The predicted octanol–water partition coefficient (Wildman–Crippen LogP) is 0.247. The number of methoxy groups -OCH3 is 3. The summed E-state index contributed by atoms with van der Waals surface area (Å²) in [5.74, 6) is -0.324. The van der Waals surface area contributed by atoms with E-state index in [4.69, 9.17) is 0 Å². The molecule has 1 fully saturated rings. The molecule has 0 aromatic carbocycles. The van der Waals surface area contributed by atoms with Crippen molar-refractivity contribution in [1.29, 1.82) is 0 Å². The van der Waals surface area contributed by atoms with E-state index in [0.717, 1.165) is 0 Å². The number of thioether (sulfide) groups is 3. The van der Waals surface area contributed by atoms with E-state index < -0.39 is 0 Å². The molecule has 0 radical (unpaired) electrons. The minimum absolute atomic E-state index is 0.0435. The molecule has 3 amide bonds. The van der Waals surface area contributed by atoms with Crippen molar-refractivity contribution in [1.82, 2.24) is 14.7 Å². The van der Waals surface area contributed by atoms with Crippen molar-refractivity contribution in [2.75, 3.05) is 75.9 Å². The summed E-state index contributed by atoms with van der Waals surface area (Å²) in [5, 5.41) is 0. The predicted molar refractivity (Wildman–Crippen MR) is 137 cm³/mol. The normalized spacial score (nSPS) is 13.2. The van der Waals surface area contributed by atoms with Crippen LogP contribution >= 0.6 is 35.3 Å². The van der Waals surface area contributed by atoms with Crippen LogP contribution in [0.2, 0.25) is 0 Å². The number of hydrogen-bond acceptors (Lipinski definition) is 12. The molecule has 1 saturated heterocycles. The van der Waals surface area contributed by atoms with Gasteiger partial charge in [-0.2, -0.15) is 0 Å². The van der Waals surface area contributed by atoms with E-state index in [9.17, 15) is 28.8 Å². The maximum Gasteiger partial charge on any atom is 0.315 e. The third-order valence-corrected chi connectivity index (χ3v) is 7.60. The van der Waals surface area contributed by atoms with E-state index in [1.807, 2.05) is 0 Å². The van der Waals surface area contributed by atoms with Gasteiger partial charge >= 0.3 is 17.9 Å². The molecule has 0 saturated carbocycles. The standard InChI is InChI=1S/C21H33N3O9S3/c1-31-19(28)10-34-7-4-16(25)22-13-23(17(26)5-8-35-11-20(29)32-2)15-24(14-22)18(27)6-9-36-12-21(30)33-3/h4-15H2,1-3H3. The Morgan fingerprint density at radius 1 is 0.528 bits per heavy atom. The van der Waals surface area contributed by atoms with Gasteiger partial charge < -0.3 is 28.9 Å². The van der Waals surface area contributed by atoms with Crippen molar-refractivity contribution < 1.29 is 43.0 Å². The van der Waals surface area contributed by atoms with Gasteiger partial charge in [-0.05, 0) is 0 Å². The average molecular weight is 568 g/mol. The number of hydrogen-bond donors (Lipinski definition) is 0. The van der Waals surface area contributed by atoms with Crippen molar-refractivity contribution >= 4 is 70.9 Å². The number of amides is 3. The first-order valence-corrected chi connectivity index (χ1v) is 14.4. The van der Waals surface area contributed by atoms with Crippen LogP contribution in [0.1, 0.15) is 19.3 Å². The molecule has 0 aromatic heterocycles. The Kier molecular flexibility index (Phi) is 16.1. The molecule has 12 nitrogen and oxygen atoms in total. The Labute approximate surface area is 223 Å². The summed E-state index contributed by atoms with van der Waals surface area (Å²) < 4.78 is 13.7. The zero-order chi connectivity index (χ0) is 26.9. The number of nitrogens with zero attached hydrogens (tertiary/aromatic N) is 3. The quantitative estimate of drug-likeness (QED) is 0.152. The Balaban J connectivity index is 2.69. The van der Waals surface area contributed by atoms with E-state index in [-0.39, 0.29) is 92.2 Å². The second-order valence-electron chi connectivity index (χ2n) is 7.36. The summed E-state index contributed by atoms with van der Waals surface area (Å²) in [7, 11) is 3.88. The molecule has 0 aromatic rings. The summed E-state index contributed by atoms with van der Waals surface area (Å²) in [5.41, 5.74) is 0. The Bertz CT molecular complexity index is 679. The highest BCUT2D eigenvalue weighted by molar-refractivity contribution is 8.00. The number of esters is 3. The largest absolute Gasteiger partial charge is 0.468 e. The van der Waals surface area contributed by atoms with E-state index in [1.165, 1.54) is 71.3 Å². The second kappa shape index (κ2) is 18.2. The monoisotopic (exact) mass is 567 g/mol. The number of carbonyl (C=O) groups excluding carboxylic acids is 6. The van der Waals surface area contributed by atoms with Crippen LogP contribution in [-0.2, 0) is 43.0 Å². The molecule has 1 aliphatic rings. The number of ether oxygens (including phenoxy) is 3. The molecule has 204 valence electrons. The summed E-state index contributed by atoms with van der Waals surface area (Å²) >= 11 is 3.79. The lowest BCUT2D eigenvalue weighted by Gasteiger charge is -2.42. The zero-order valence-electron chi connectivity index (χ0n) is 20.7. The highest BCUT2D eigenvalue weighted by Gasteiger charge is 2.31. The fraction of sp³-hybridized carbons (Fsp3) is 0.714. The minimum atomic E-state index is -0.380. The fourth-order valence-corrected chi connectivity index (χ4v) is 5.07. The van der Waals surface area contributed by atoms with Crippen LogP contribution in [0.5, 0.6) is 0 Å². The van der Waals surface area contributed by atoms with Crippen LogP contribution in [0.25, 0.3) is 0 Å². The Morgan fingerprint density at radius 2 is 0.778 bits per heavy atom. The van der Waals surface area contributed by atoms with Gasteiger partial charge in [0.1, 0.15) is 0 Å². The number of carbonyl (C=O) groups is 6. The average Bonchev–Trinajstić information content (AvgIpc) is 2.89. The van der Waals surface area contributed by atoms with E-state index in [1.54, 1.807) is 0 Å². The maximum atomic E-state index is 12.8. The molecule has 36 heavy (non-hydrogen) atoms.